The second-order valence-electron chi connectivity index (χ2n) is 22.7. The average molecular weight is 1100 g/mol. The second-order valence-corrected chi connectivity index (χ2v) is 24.4. The number of carbonyl (C=O) groups excluding carboxylic acids is 2. The van der Waals surface area contributed by atoms with Crippen LogP contribution in [0.4, 0.5) is 25.8 Å². The first kappa shape index (κ1) is 54.0. The van der Waals surface area contributed by atoms with Crippen LogP contribution in [0.5, 0.6) is 17.2 Å². The van der Waals surface area contributed by atoms with Crippen LogP contribution in [0.2, 0.25) is 0 Å². The molecule has 5 heterocycles. The Labute approximate surface area is 458 Å². The highest BCUT2D eigenvalue weighted by molar-refractivity contribution is 7.90. The van der Waals surface area contributed by atoms with Crippen molar-refractivity contribution in [2.75, 3.05) is 69.7 Å². The van der Waals surface area contributed by atoms with E-state index in [-0.39, 0.29) is 65.5 Å². The number of nitrogens with one attached hydrogen (secondary N) is 3. The van der Waals surface area contributed by atoms with E-state index in [1.54, 1.807) is 25.4 Å². The minimum atomic E-state index is -4.81. The smallest absolute Gasteiger partial charge is 0.293 e. The molecule has 20 heteroatoms. The Kier molecular flexibility index (Phi) is 15.0. The summed E-state index contributed by atoms with van der Waals surface area (Å²) in [5.41, 5.74) is 2.00. The molecule has 1 amide bonds. The zero-order chi connectivity index (χ0) is 55.2. The lowest BCUT2D eigenvalue weighted by molar-refractivity contribution is -0.384. The number of nitro benzene ring substituents is 1. The molecular formula is C59H67F2N9O8S. The van der Waals surface area contributed by atoms with Gasteiger partial charge in [-0.05, 0) is 109 Å². The first-order valence-corrected chi connectivity index (χ1v) is 28.9. The number of carbonyl (C=O) groups is 2. The largest absolute Gasteiger partial charge is 0.497 e. The number of amides is 1. The van der Waals surface area contributed by atoms with Gasteiger partial charge in [-0.2, -0.15) is 0 Å². The molecule has 3 saturated heterocycles. The number of nitrogens with zero attached hydrogens (tertiary/aromatic N) is 6. The van der Waals surface area contributed by atoms with Gasteiger partial charge >= 0.3 is 0 Å². The predicted octanol–water partition coefficient (Wildman–Crippen LogP) is 9.91. The van der Waals surface area contributed by atoms with E-state index in [4.69, 9.17) is 9.47 Å². The molecule has 416 valence electrons. The average Bonchev–Trinajstić information content (AvgIpc) is 4.08. The number of benzene rings is 4. The fourth-order valence-electron chi connectivity index (χ4n) is 12.7. The molecule has 5 aliphatic rings. The van der Waals surface area contributed by atoms with Crippen molar-refractivity contribution in [2.24, 2.45) is 5.41 Å². The van der Waals surface area contributed by atoms with Gasteiger partial charge in [-0.1, -0.05) is 50.2 Å². The number of H-pyrrole nitrogens is 1. The third kappa shape index (κ3) is 11.4. The lowest BCUT2D eigenvalue weighted by atomic mass is 9.59. The Morgan fingerprint density at radius 2 is 1.66 bits per heavy atom. The van der Waals surface area contributed by atoms with Gasteiger partial charge in [0.15, 0.2) is 0 Å². The van der Waals surface area contributed by atoms with Crippen molar-refractivity contribution in [2.45, 2.75) is 106 Å². The standard InChI is InChI=1S/C59H67F2N9O8S/c1-38(2)47-6-4-5-7-48(47)54-36-66(35-39-8-10-44(77-3)11-9-39)24-25-69(54)42-32-58(33-42)15-20-68(21-16-58)52-31-55(78-45-26-40-14-19-62-56(40)63-34-45)49(30-50(52)60)57(72)65-79(75,76)46-12-13-51(53(29-46)70(73)74)64-37-59(61)17-22-67(23-18-59)41-27-43(71)28-41/h4-14,19,26,29-31,34,38,41-42,54,64H,15-18,20-25,27-28,32-33,35-37H2,1-3H3,(H,62,63)(H,65,72). The van der Waals surface area contributed by atoms with E-state index in [0.717, 1.165) is 81.9 Å². The number of aromatic amines is 1. The SMILES string of the molecule is COc1ccc(CN2CCN(C3CC4(CCN(c5cc(Oc6cnc7[nH]ccc7c6)c(C(=O)NS(=O)(=O)c6ccc(NCC7(F)CCN(C8CC(=O)C8)CC7)c([N+](=O)[O-])c6)cc5F)CC4)C3)C(c3ccccc3C(C)C)C2)cc1. The molecule has 2 aromatic heterocycles. The zero-order valence-corrected chi connectivity index (χ0v) is 45.6. The molecule has 3 aliphatic heterocycles. The summed E-state index contributed by atoms with van der Waals surface area (Å²) < 4.78 is 74.1. The number of likely N-dealkylation sites (tertiary alicyclic amines) is 1. The third-order valence-corrected chi connectivity index (χ3v) is 18.7. The molecule has 1 unspecified atom stereocenters. The van der Waals surface area contributed by atoms with E-state index in [9.17, 15) is 28.1 Å². The maximum Gasteiger partial charge on any atom is 0.293 e. The maximum atomic E-state index is 16.7. The molecule has 5 fully saturated rings. The highest BCUT2D eigenvalue weighted by atomic mass is 32.2. The highest BCUT2D eigenvalue weighted by Crippen LogP contribution is 2.54. The van der Waals surface area contributed by atoms with Gasteiger partial charge in [0.2, 0.25) is 0 Å². The molecule has 6 aromatic rings. The topological polar surface area (TPSA) is 196 Å². The van der Waals surface area contributed by atoms with Crippen LogP contribution in [0.25, 0.3) is 11.0 Å². The fraction of sp³-hybridized carbons (Fsp3) is 0.441. The number of ketones is 1. The lowest BCUT2D eigenvalue weighted by Gasteiger charge is -2.58. The highest BCUT2D eigenvalue weighted by Gasteiger charge is 2.50. The molecule has 2 saturated carbocycles. The monoisotopic (exact) mass is 1100 g/mol. The molecule has 4 aromatic carbocycles. The number of pyridine rings is 1. The van der Waals surface area contributed by atoms with Gasteiger partial charge in [0.25, 0.3) is 21.6 Å². The van der Waals surface area contributed by atoms with Crippen LogP contribution < -0.4 is 24.4 Å². The van der Waals surface area contributed by atoms with Crippen molar-refractivity contribution in [3.05, 3.63) is 142 Å². The number of halogens is 2. The van der Waals surface area contributed by atoms with E-state index < -0.39 is 48.5 Å². The number of rotatable bonds is 17. The Balaban J connectivity index is 0.779. The number of alkyl halides is 1. The van der Waals surface area contributed by atoms with Crippen molar-refractivity contribution >= 4 is 49.8 Å². The molecule has 1 atom stereocenters. The number of hydrogen-bond acceptors (Lipinski definition) is 14. The van der Waals surface area contributed by atoms with Gasteiger partial charge in [-0.25, -0.2) is 26.9 Å². The van der Waals surface area contributed by atoms with Crippen molar-refractivity contribution < 1.29 is 41.2 Å². The van der Waals surface area contributed by atoms with Crippen LogP contribution >= 0.6 is 0 Å². The number of anilines is 2. The minimum Gasteiger partial charge on any atom is -0.497 e. The van der Waals surface area contributed by atoms with Crippen LogP contribution in [-0.4, -0.2) is 127 Å². The quantitative estimate of drug-likeness (QED) is 0.0577. The number of aromatic nitrogens is 2. The first-order chi connectivity index (χ1) is 37.9. The zero-order valence-electron chi connectivity index (χ0n) is 44.8. The molecule has 0 radical (unpaired) electrons. The molecular weight excluding hydrogens is 1030 g/mol. The molecule has 1 spiro atoms. The number of fused-ring (bicyclic) bond motifs is 1. The van der Waals surface area contributed by atoms with Crippen LogP contribution in [-0.2, 0) is 21.4 Å². The Morgan fingerprint density at radius 1 is 0.911 bits per heavy atom. The van der Waals surface area contributed by atoms with Crippen LogP contribution in [0.1, 0.15) is 104 Å². The molecule has 11 rings (SSSR count). The number of piperidine rings is 2. The normalized spacial score (nSPS) is 20.3. The van der Waals surface area contributed by atoms with Gasteiger partial charge < -0.3 is 24.7 Å². The van der Waals surface area contributed by atoms with Gasteiger partial charge in [0.05, 0.1) is 34.4 Å². The summed E-state index contributed by atoms with van der Waals surface area (Å²) in [6.45, 7) is 9.90. The molecule has 0 bridgehead atoms. The summed E-state index contributed by atoms with van der Waals surface area (Å²) in [4.78, 5) is 53.3. The summed E-state index contributed by atoms with van der Waals surface area (Å²) >= 11 is 0. The number of Topliss-reactive ketones (excluding diaryl/α,β-unsaturated/α-hetero) is 1. The van der Waals surface area contributed by atoms with E-state index in [0.29, 0.717) is 62.0 Å². The molecule has 2 aliphatic carbocycles. The van der Waals surface area contributed by atoms with E-state index in [1.807, 2.05) is 21.8 Å². The summed E-state index contributed by atoms with van der Waals surface area (Å²) in [5.74, 6) is -0.490. The van der Waals surface area contributed by atoms with Gasteiger partial charge in [-0.3, -0.25) is 34.4 Å². The number of sulfonamides is 1. The van der Waals surface area contributed by atoms with Gasteiger partial charge in [0, 0.05) is 114 Å². The summed E-state index contributed by atoms with van der Waals surface area (Å²) in [5, 5.41) is 15.8. The maximum absolute atomic E-state index is 16.7. The minimum absolute atomic E-state index is 0.0843. The van der Waals surface area contributed by atoms with E-state index in [1.165, 1.54) is 29.0 Å². The van der Waals surface area contributed by atoms with E-state index in [2.05, 4.69) is 80.2 Å². The van der Waals surface area contributed by atoms with Gasteiger partial charge in [0.1, 0.15) is 45.9 Å². The first-order valence-electron chi connectivity index (χ1n) is 27.4. The van der Waals surface area contributed by atoms with Crippen molar-refractivity contribution in [1.82, 2.24) is 29.4 Å². The molecule has 17 nitrogen and oxygen atoms in total. The van der Waals surface area contributed by atoms with Crippen molar-refractivity contribution in [1.29, 1.82) is 0 Å². The Bertz CT molecular complexity index is 3360. The number of methoxy groups -OCH3 is 1. The number of hydrogen-bond donors (Lipinski definition) is 3. The summed E-state index contributed by atoms with van der Waals surface area (Å²) in [6.07, 6.45) is 8.11. The Hall–Kier alpha value is -7.00. The van der Waals surface area contributed by atoms with Crippen molar-refractivity contribution in [3.8, 4) is 17.2 Å². The summed E-state index contributed by atoms with van der Waals surface area (Å²) in [7, 11) is -3.13. The van der Waals surface area contributed by atoms with E-state index >= 15 is 8.78 Å². The van der Waals surface area contributed by atoms with Gasteiger partial charge in [-0.15, -0.1) is 0 Å². The Morgan fingerprint density at radius 3 is 2.37 bits per heavy atom. The number of nitro groups is 1. The predicted molar refractivity (Wildman–Crippen MR) is 297 cm³/mol. The second kappa shape index (κ2) is 21.9. The van der Waals surface area contributed by atoms with Crippen LogP contribution in [0.15, 0.2) is 108 Å². The lowest BCUT2D eigenvalue weighted by Crippen LogP contribution is -2.60. The molecule has 79 heavy (non-hydrogen) atoms. The van der Waals surface area contributed by atoms with Crippen molar-refractivity contribution in [3.63, 3.8) is 0 Å². The molecule has 3 N–H and O–H groups in total. The fourth-order valence-corrected chi connectivity index (χ4v) is 13.6. The van der Waals surface area contributed by atoms with Crippen LogP contribution in [0.3, 0.4) is 0 Å². The third-order valence-electron chi connectivity index (χ3n) is 17.4. The number of ether oxygens (including phenoxy) is 2. The number of piperazine rings is 1. The summed E-state index contributed by atoms with van der Waals surface area (Å²) in [6, 6.07) is 26.8. The van der Waals surface area contributed by atoms with Crippen LogP contribution in [0, 0.1) is 21.3 Å².